The van der Waals surface area contributed by atoms with Gasteiger partial charge < -0.3 is 9.80 Å². The van der Waals surface area contributed by atoms with Crippen LogP contribution >= 0.6 is 11.6 Å². The molecule has 2 aliphatic rings. The van der Waals surface area contributed by atoms with Gasteiger partial charge in [-0.25, -0.2) is 0 Å². The Labute approximate surface area is 164 Å². The Balaban J connectivity index is 1.70. The maximum atomic E-state index is 12.9. The van der Waals surface area contributed by atoms with Gasteiger partial charge in [-0.2, -0.15) is 10.2 Å². The number of hydrogen-bond acceptors (Lipinski definition) is 4. The summed E-state index contributed by atoms with van der Waals surface area (Å²) in [6.07, 6.45) is 7.84. The minimum atomic E-state index is -0.467. The second-order valence-electron chi connectivity index (χ2n) is 7.28. The fourth-order valence-electron chi connectivity index (χ4n) is 3.43. The summed E-state index contributed by atoms with van der Waals surface area (Å²) in [5.41, 5.74) is 1.32. The van der Waals surface area contributed by atoms with Gasteiger partial charge in [0.05, 0.1) is 0 Å². The Kier molecular flexibility index (Phi) is 5.52. The zero-order chi connectivity index (χ0) is 19.6. The van der Waals surface area contributed by atoms with Crippen LogP contribution in [0.3, 0.4) is 0 Å². The molecule has 0 saturated heterocycles. The summed E-state index contributed by atoms with van der Waals surface area (Å²) < 4.78 is 0. The van der Waals surface area contributed by atoms with Crippen LogP contribution in [0, 0.1) is 12.3 Å². The Hall–Kier alpha value is -2.39. The lowest BCUT2D eigenvalue weighted by Gasteiger charge is -2.19. The van der Waals surface area contributed by atoms with Crippen LogP contribution in [0.4, 0.5) is 5.69 Å². The zero-order valence-electron chi connectivity index (χ0n) is 15.6. The van der Waals surface area contributed by atoms with Crippen molar-refractivity contribution in [1.82, 2.24) is 4.90 Å². The third-order valence-electron chi connectivity index (χ3n) is 5.14. The largest absolute Gasteiger partial charge is 0.349 e. The third kappa shape index (κ3) is 4.30. The molecule has 0 fully saturated rings. The van der Waals surface area contributed by atoms with E-state index in [9.17, 15) is 9.59 Å². The molecular weight excluding hydrogens is 364 g/mol. The van der Waals surface area contributed by atoms with Gasteiger partial charge in [0.1, 0.15) is 0 Å². The van der Waals surface area contributed by atoms with Crippen molar-refractivity contribution >= 4 is 29.1 Å². The van der Waals surface area contributed by atoms with Crippen molar-refractivity contribution in [3.8, 4) is 12.3 Å². The molecule has 1 unspecified atom stereocenters. The normalized spacial score (nSPS) is 18.7. The van der Waals surface area contributed by atoms with E-state index in [4.69, 9.17) is 18.0 Å². The number of benzene rings is 1. The van der Waals surface area contributed by atoms with E-state index >= 15 is 0 Å². The maximum Gasteiger partial charge on any atom is 0.227 e. The molecule has 0 N–H and O–H groups in total. The fourth-order valence-corrected chi connectivity index (χ4v) is 3.61. The molecule has 1 aromatic carbocycles. The average molecular weight is 387 g/mol. The van der Waals surface area contributed by atoms with Crippen molar-refractivity contribution in [2.75, 3.05) is 25.5 Å². The van der Waals surface area contributed by atoms with Gasteiger partial charge in [-0.1, -0.05) is 11.6 Å². The lowest BCUT2D eigenvalue weighted by atomic mass is 9.97. The van der Waals surface area contributed by atoms with E-state index < -0.39 is 5.66 Å². The summed E-state index contributed by atoms with van der Waals surface area (Å²) in [4.78, 5) is 28.4. The van der Waals surface area contributed by atoms with Crippen LogP contribution in [0.1, 0.15) is 43.6 Å². The molecule has 2 heterocycles. The Bertz CT molecular complexity index is 822. The number of fused-ring (bicyclic) bond motifs is 1. The summed E-state index contributed by atoms with van der Waals surface area (Å²) in [6, 6.07) is 5.49. The number of nitrogens with zero attached hydrogens (tertiary/aromatic N) is 4. The number of carbonyl (C=O) groups is 2. The first kappa shape index (κ1) is 19.4. The quantitative estimate of drug-likeness (QED) is 0.672. The molecule has 0 aromatic heterocycles. The van der Waals surface area contributed by atoms with Crippen molar-refractivity contribution in [2.24, 2.45) is 10.2 Å². The molecule has 0 saturated carbocycles. The first-order chi connectivity index (χ1) is 12.8. The topological polar surface area (TPSA) is 65.3 Å². The maximum absolute atomic E-state index is 12.9. The zero-order valence-corrected chi connectivity index (χ0v) is 16.4. The molecule has 0 aliphatic carbocycles. The minimum Gasteiger partial charge on any atom is -0.349 e. The van der Waals surface area contributed by atoms with Crippen LogP contribution in [0.15, 0.2) is 28.4 Å². The van der Waals surface area contributed by atoms with Crippen LogP contribution in [0.25, 0.3) is 0 Å². The van der Waals surface area contributed by atoms with Crippen molar-refractivity contribution in [2.45, 2.75) is 43.7 Å². The second-order valence-corrected chi connectivity index (χ2v) is 7.72. The van der Waals surface area contributed by atoms with E-state index in [1.165, 1.54) is 0 Å². The molecule has 0 spiro atoms. The van der Waals surface area contributed by atoms with Crippen LogP contribution < -0.4 is 4.90 Å². The summed E-state index contributed by atoms with van der Waals surface area (Å²) in [6.45, 7) is 0.486. The van der Waals surface area contributed by atoms with Gasteiger partial charge in [-0.3, -0.25) is 9.59 Å². The van der Waals surface area contributed by atoms with Gasteiger partial charge in [-0.05, 0) is 23.8 Å². The molecule has 2 aliphatic heterocycles. The molecule has 0 bridgehead atoms. The van der Waals surface area contributed by atoms with Gasteiger partial charge in [-0.15, -0.1) is 12.3 Å². The second kappa shape index (κ2) is 7.69. The Morgan fingerprint density at radius 1 is 1.37 bits per heavy atom. The van der Waals surface area contributed by atoms with E-state index in [0.29, 0.717) is 43.7 Å². The summed E-state index contributed by atoms with van der Waals surface area (Å²) in [7, 11) is 3.47. The number of amides is 2. The number of hydrogen-bond donors (Lipinski definition) is 0. The highest BCUT2D eigenvalue weighted by Crippen LogP contribution is 2.42. The van der Waals surface area contributed by atoms with Crippen LogP contribution in [0.2, 0.25) is 5.02 Å². The molecule has 27 heavy (non-hydrogen) atoms. The number of halogens is 1. The first-order valence-corrected chi connectivity index (χ1v) is 9.40. The highest BCUT2D eigenvalue weighted by atomic mass is 35.5. The Morgan fingerprint density at radius 3 is 2.74 bits per heavy atom. The molecule has 2 amide bonds. The SMILES string of the molecule is C#CCCC1(CCC(=O)N2CC(CC(=O)N(C)C)c3cc(Cl)ccc32)N=N1. The molecule has 3 rings (SSSR count). The molecule has 6 nitrogen and oxygen atoms in total. The van der Waals surface area contributed by atoms with E-state index in [2.05, 4.69) is 16.1 Å². The van der Waals surface area contributed by atoms with Crippen molar-refractivity contribution in [1.29, 1.82) is 0 Å². The Morgan fingerprint density at radius 2 is 2.11 bits per heavy atom. The number of carbonyl (C=O) groups excluding carboxylic acids is 2. The van der Waals surface area contributed by atoms with E-state index in [-0.39, 0.29) is 17.7 Å². The van der Waals surface area contributed by atoms with Gasteiger partial charge in [0, 0.05) is 69.4 Å². The third-order valence-corrected chi connectivity index (χ3v) is 5.37. The van der Waals surface area contributed by atoms with E-state index in [1.807, 2.05) is 12.1 Å². The minimum absolute atomic E-state index is 0.00996. The van der Waals surface area contributed by atoms with E-state index in [0.717, 1.165) is 11.3 Å². The highest BCUT2D eigenvalue weighted by molar-refractivity contribution is 6.30. The first-order valence-electron chi connectivity index (χ1n) is 9.03. The highest BCUT2D eigenvalue weighted by Gasteiger charge is 2.41. The number of anilines is 1. The van der Waals surface area contributed by atoms with Gasteiger partial charge in [0.15, 0.2) is 5.66 Å². The lowest BCUT2D eigenvalue weighted by molar-refractivity contribution is -0.129. The molecule has 7 heteroatoms. The van der Waals surface area contributed by atoms with Crippen LogP contribution in [-0.2, 0) is 9.59 Å². The van der Waals surface area contributed by atoms with Crippen molar-refractivity contribution in [3.05, 3.63) is 28.8 Å². The molecule has 1 atom stereocenters. The molecule has 142 valence electrons. The summed E-state index contributed by atoms with van der Waals surface area (Å²) in [5, 5.41) is 8.79. The number of terminal acetylenes is 1. The predicted molar refractivity (Wildman–Crippen MR) is 105 cm³/mol. The standard InChI is InChI=1S/C20H23ClN4O2/c1-4-5-9-20(22-23-20)10-8-18(26)25-13-14(11-19(27)24(2)3)16-12-15(21)6-7-17(16)25/h1,6-7,12,14H,5,8-11,13H2,2-3H3. The van der Waals surface area contributed by atoms with E-state index in [1.54, 1.807) is 30.0 Å². The molecule has 1 aromatic rings. The smallest absolute Gasteiger partial charge is 0.227 e. The van der Waals surface area contributed by atoms with Gasteiger partial charge >= 0.3 is 0 Å². The fraction of sp³-hybridized carbons (Fsp3) is 0.500. The van der Waals surface area contributed by atoms with Crippen molar-refractivity contribution in [3.63, 3.8) is 0 Å². The summed E-state index contributed by atoms with van der Waals surface area (Å²) >= 11 is 6.15. The molecular formula is C20H23ClN4O2. The van der Waals surface area contributed by atoms with Crippen LogP contribution in [-0.4, -0.2) is 43.0 Å². The monoisotopic (exact) mass is 386 g/mol. The number of rotatable bonds is 7. The average Bonchev–Trinajstić information content (AvgIpc) is 3.33. The van der Waals surface area contributed by atoms with Gasteiger partial charge in [0.25, 0.3) is 0 Å². The predicted octanol–water partition coefficient (Wildman–Crippen LogP) is 3.60. The van der Waals surface area contributed by atoms with Gasteiger partial charge in [0.2, 0.25) is 11.8 Å². The molecule has 0 radical (unpaired) electrons. The summed E-state index contributed by atoms with van der Waals surface area (Å²) in [5.74, 6) is 2.58. The lowest BCUT2D eigenvalue weighted by Crippen LogP contribution is -2.32. The van der Waals surface area contributed by atoms with Crippen LogP contribution in [0.5, 0.6) is 0 Å². The van der Waals surface area contributed by atoms with Crippen molar-refractivity contribution < 1.29 is 9.59 Å².